The van der Waals surface area contributed by atoms with Gasteiger partial charge in [0.05, 0.1) is 13.0 Å². The zero-order valence-electron chi connectivity index (χ0n) is 7.47. The molecule has 1 saturated heterocycles. The van der Waals surface area contributed by atoms with Gasteiger partial charge in [0.15, 0.2) is 0 Å². The van der Waals surface area contributed by atoms with E-state index in [-0.39, 0.29) is 6.42 Å². The smallest absolute Gasteiger partial charge is 0.393 e. The molecule has 2 fully saturated rings. The van der Waals surface area contributed by atoms with Crippen LogP contribution in [0.25, 0.3) is 0 Å². The van der Waals surface area contributed by atoms with Gasteiger partial charge >= 0.3 is 12.1 Å². The number of methoxy groups -OCH3 is 1. The molecule has 0 unspecified atom stereocenters. The standard InChI is InChI=1S/C8H10F3NO2/c1-14-7(13)4-2-3-5(6(3)12-4)8(9,10)11/h3-6,12H,2H2,1H3/t3-,4-,5-,6+/m0/s1. The number of nitrogens with one attached hydrogen (secondary N) is 1. The average Bonchev–Trinajstić information content (AvgIpc) is 2.63. The first-order chi connectivity index (χ1) is 6.45. The Morgan fingerprint density at radius 3 is 2.50 bits per heavy atom. The Labute approximate surface area is 78.6 Å². The van der Waals surface area contributed by atoms with Crippen molar-refractivity contribution in [3.05, 3.63) is 0 Å². The van der Waals surface area contributed by atoms with Crippen LogP contribution in [0.15, 0.2) is 0 Å². The van der Waals surface area contributed by atoms with E-state index in [4.69, 9.17) is 0 Å². The molecule has 1 N–H and O–H groups in total. The normalized spacial score (nSPS) is 40.6. The van der Waals surface area contributed by atoms with Crippen LogP contribution in [0, 0.1) is 11.8 Å². The van der Waals surface area contributed by atoms with E-state index in [0.29, 0.717) is 0 Å². The zero-order chi connectivity index (χ0) is 10.5. The molecule has 0 aromatic carbocycles. The van der Waals surface area contributed by atoms with Crippen molar-refractivity contribution in [2.24, 2.45) is 11.8 Å². The highest BCUT2D eigenvalue weighted by molar-refractivity contribution is 5.76. The van der Waals surface area contributed by atoms with Gasteiger partial charge < -0.3 is 10.1 Å². The molecule has 0 aromatic rings. The van der Waals surface area contributed by atoms with Crippen LogP contribution in [-0.2, 0) is 9.53 Å². The molecule has 1 heterocycles. The molecule has 80 valence electrons. The van der Waals surface area contributed by atoms with E-state index in [0.717, 1.165) is 0 Å². The molecule has 0 spiro atoms. The molecule has 6 heteroatoms. The Balaban J connectivity index is 1.91. The van der Waals surface area contributed by atoms with E-state index in [9.17, 15) is 18.0 Å². The minimum absolute atomic E-state index is 0.238. The lowest BCUT2D eigenvalue weighted by molar-refractivity contribution is -0.157. The number of alkyl halides is 3. The molecule has 0 bridgehead atoms. The highest BCUT2D eigenvalue weighted by Gasteiger charge is 2.68. The molecule has 2 aliphatic rings. The second kappa shape index (κ2) is 2.85. The van der Waals surface area contributed by atoms with Crippen LogP contribution in [0.3, 0.4) is 0 Å². The number of fused-ring (bicyclic) bond motifs is 1. The Kier molecular flexibility index (Phi) is 1.99. The monoisotopic (exact) mass is 209 g/mol. The summed E-state index contributed by atoms with van der Waals surface area (Å²) in [6, 6.07) is -1.12. The van der Waals surface area contributed by atoms with Crippen molar-refractivity contribution in [1.29, 1.82) is 0 Å². The SMILES string of the molecule is COC(=O)[C@@H]1C[C@@H]2[C@@H](N1)[C@H]2C(F)(F)F. The molecule has 0 aromatic heterocycles. The molecule has 4 atom stereocenters. The first-order valence-corrected chi connectivity index (χ1v) is 4.35. The van der Waals surface area contributed by atoms with E-state index in [1.807, 2.05) is 0 Å². The molecule has 14 heavy (non-hydrogen) atoms. The molecule has 1 saturated carbocycles. The van der Waals surface area contributed by atoms with Crippen LogP contribution in [0.5, 0.6) is 0 Å². The molecule has 0 amide bonds. The summed E-state index contributed by atoms with van der Waals surface area (Å²) in [4.78, 5) is 11.0. The average molecular weight is 209 g/mol. The Hall–Kier alpha value is -0.780. The van der Waals surface area contributed by atoms with Gasteiger partial charge in [0.1, 0.15) is 6.04 Å². The summed E-state index contributed by atoms with van der Waals surface area (Å²) >= 11 is 0. The summed E-state index contributed by atoms with van der Waals surface area (Å²) < 4.78 is 41.1. The summed E-state index contributed by atoms with van der Waals surface area (Å²) in [6.07, 6.45) is -3.90. The summed E-state index contributed by atoms with van der Waals surface area (Å²) in [6.45, 7) is 0. The fraction of sp³-hybridized carbons (Fsp3) is 0.875. The van der Waals surface area contributed by atoms with Crippen LogP contribution in [0.2, 0.25) is 0 Å². The van der Waals surface area contributed by atoms with Crippen molar-refractivity contribution in [3.63, 3.8) is 0 Å². The van der Waals surface area contributed by atoms with Gasteiger partial charge in [0, 0.05) is 6.04 Å². The van der Waals surface area contributed by atoms with Crippen LogP contribution < -0.4 is 5.32 Å². The first-order valence-electron chi connectivity index (χ1n) is 4.35. The fourth-order valence-corrected chi connectivity index (χ4v) is 2.22. The van der Waals surface area contributed by atoms with Gasteiger partial charge in [0.2, 0.25) is 0 Å². The fourth-order valence-electron chi connectivity index (χ4n) is 2.22. The van der Waals surface area contributed by atoms with Crippen molar-refractivity contribution >= 4 is 5.97 Å². The number of carbonyl (C=O) groups is 1. The molecule has 3 nitrogen and oxygen atoms in total. The highest BCUT2D eigenvalue weighted by Crippen LogP contribution is 2.55. The quantitative estimate of drug-likeness (QED) is 0.646. The molecule has 1 aliphatic heterocycles. The molecule has 2 rings (SSSR count). The summed E-state index contributed by atoms with van der Waals surface area (Å²) in [5, 5.41) is 2.64. The van der Waals surface area contributed by atoms with Crippen molar-refractivity contribution in [1.82, 2.24) is 5.32 Å². The molecular weight excluding hydrogens is 199 g/mol. The van der Waals surface area contributed by atoms with E-state index < -0.39 is 36.1 Å². The van der Waals surface area contributed by atoms with Crippen LogP contribution >= 0.6 is 0 Å². The second-order valence-electron chi connectivity index (χ2n) is 3.74. The number of hydrogen-bond acceptors (Lipinski definition) is 3. The summed E-state index contributed by atoms with van der Waals surface area (Å²) in [5.74, 6) is -2.17. The predicted molar refractivity (Wildman–Crippen MR) is 40.4 cm³/mol. The van der Waals surface area contributed by atoms with Gasteiger partial charge in [-0.05, 0) is 12.3 Å². The van der Waals surface area contributed by atoms with Crippen molar-refractivity contribution in [3.8, 4) is 0 Å². The lowest BCUT2D eigenvalue weighted by atomic mass is 10.1. The lowest BCUT2D eigenvalue weighted by Crippen LogP contribution is -2.38. The number of esters is 1. The maximum Gasteiger partial charge on any atom is 0.393 e. The third-order valence-electron chi connectivity index (χ3n) is 2.93. The third kappa shape index (κ3) is 1.37. The number of carbonyl (C=O) groups excluding carboxylic acids is 1. The first kappa shape index (κ1) is 9.76. The summed E-state index contributed by atoms with van der Waals surface area (Å²) in [7, 11) is 1.23. The maximum atomic E-state index is 12.2. The topological polar surface area (TPSA) is 38.3 Å². The number of piperidine rings is 1. The van der Waals surface area contributed by atoms with Crippen LogP contribution in [-0.4, -0.2) is 31.3 Å². The molecule has 0 radical (unpaired) electrons. The van der Waals surface area contributed by atoms with Gasteiger partial charge in [-0.2, -0.15) is 13.2 Å². The minimum atomic E-state index is -4.14. The van der Waals surface area contributed by atoms with Gasteiger partial charge in [-0.15, -0.1) is 0 Å². The van der Waals surface area contributed by atoms with Gasteiger partial charge in [0.25, 0.3) is 0 Å². The molecule has 1 aliphatic carbocycles. The van der Waals surface area contributed by atoms with Crippen molar-refractivity contribution in [2.45, 2.75) is 24.7 Å². The largest absolute Gasteiger partial charge is 0.468 e. The Bertz CT molecular complexity index is 254. The Morgan fingerprint density at radius 2 is 2.14 bits per heavy atom. The molecular formula is C8H10F3NO2. The minimum Gasteiger partial charge on any atom is -0.468 e. The van der Waals surface area contributed by atoms with E-state index in [1.54, 1.807) is 0 Å². The van der Waals surface area contributed by atoms with Crippen molar-refractivity contribution in [2.75, 3.05) is 7.11 Å². The third-order valence-corrected chi connectivity index (χ3v) is 2.93. The lowest BCUT2D eigenvalue weighted by Gasteiger charge is -2.14. The van der Waals surface area contributed by atoms with E-state index in [2.05, 4.69) is 10.1 Å². The van der Waals surface area contributed by atoms with E-state index >= 15 is 0 Å². The van der Waals surface area contributed by atoms with Crippen LogP contribution in [0.4, 0.5) is 13.2 Å². The van der Waals surface area contributed by atoms with E-state index in [1.165, 1.54) is 7.11 Å². The zero-order valence-corrected chi connectivity index (χ0v) is 7.47. The number of halogens is 3. The van der Waals surface area contributed by atoms with Gasteiger partial charge in [-0.3, -0.25) is 4.79 Å². The predicted octanol–water partition coefficient (Wildman–Crippen LogP) is 0.698. The highest BCUT2D eigenvalue weighted by atomic mass is 19.4. The Morgan fingerprint density at radius 1 is 1.50 bits per heavy atom. The number of hydrogen-bond donors (Lipinski definition) is 1. The maximum absolute atomic E-state index is 12.2. The summed E-state index contributed by atoms with van der Waals surface area (Å²) in [5.41, 5.74) is 0. The number of rotatable bonds is 1. The second-order valence-corrected chi connectivity index (χ2v) is 3.74. The van der Waals surface area contributed by atoms with Gasteiger partial charge in [-0.25, -0.2) is 0 Å². The van der Waals surface area contributed by atoms with Crippen LogP contribution in [0.1, 0.15) is 6.42 Å². The van der Waals surface area contributed by atoms with Gasteiger partial charge in [-0.1, -0.05) is 0 Å². The number of ether oxygens (including phenoxy) is 1. The van der Waals surface area contributed by atoms with Crippen molar-refractivity contribution < 1.29 is 22.7 Å².